The maximum atomic E-state index is 14.1. The van der Waals surface area contributed by atoms with Crippen LogP contribution in [0, 0.1) is 17.8 Å². The lowest BCUT2D eigenvalue weighted by molar-refractivity contribution is -0.152. The summed E-state index contributed by atoms with van der Waals surface area (Å²) in [5.41, 5.74) is 6.09. The first-order valence-corrected chi connectivity index (χ1v) is 30.6. The molecule has 91 heavy (non-hydrogen) atoms. The molecule has 13 atom stereocenters. The molecule has 508 valence electrons. The van der Waals surface area contributed by atoms with E-state index in [9.17, 15) is 97.1 Å². The highest BCUT2D eigenvalue weighted by molar-refractivity contribution is 6.01. The number of aliphatic carboxylic acids is 4. The molecule has 12 amide bonds. The number of carbonyl (C=O) groups excluding carboxylic acids is 12. The summed E-state index contributed by atoms with van der Waals surface area (Å²) in [5, 5.41) is 61.3. The number of hydrogen-bond donors (Lipinski definition) is 15. The summed E-state index contributed by atoms with van der Waals surface area (Å²) in [6.07, 6.45) is 8.09. The Hall–Kier alpha value is -8.78. The maximum Gasteiger partial charge on any atom is 0.308 e. The molecule has 0 aromatic rings. The molecule has 2 unspecified atom stereocenters. The van der Waals surface area contributed by atoms with Gasteiger partial charge in [0.25, 0.3) is 0 Å². The van der Waals surface area contributed by atoms with Crippen molar-refractivity contribution in [3.63, 3.8) is 0 Å². The Kier molecular flexibility index (Phi) is 31.4. The molecule has 0 radical (unpaired) electrons. The number of carbonyl (C=O) groups is 16. The van der Waals surface area contributed by atoms with E-state index in [0.29, 0.717) is 31.7 Å². The third kappa shape index (κ3) is 24.8. The average molecular weight is 1290 g/mol. The standard InChI is InChI=1S/C58H91N13O20/c1-8-30(4)18-13-11-9-10-12-14-21-39(72)63-36(26-44(79)80)51(83)68-46(31(5)58(90)91)54(86)65-35(25-43(77)78)50(82)60-27-40(73)64-34(24-42(75)76)49(81)61-28-41(74)66-47(32(6)59)55(87)67-45(29(2)3)56(88)71-23-17-20-38(71)52(84)62-33(7)48-57(89)70-22-16-15-19-37(70)53(85)69-48/h12,14,29-38,45-48H,8-11,13,15-28,59H2,1-7H3,(H,60,82)(H,61,81)(H,62,84)(H,63,72)(H,64,73)(H,65,86)(H,66,74)(H,67,87)(H,68,83)(H,69,85)(H,75,76)(H,77,78)(H,79,80)(H,90,91)/b14-12+/t30?,31?,32-,33-,34-,35-,36-,37+,38-,45-,46-,47+,48-/m0/s1. The van der Waals surface area contributed by atoms with Gasteiger partial charge in [-0.25, -0.2) is 0 Å². The quantitative estimate of drug-likeness (QED) is 0.0212. The van der Waals surface area contributed by atoms with Gasteiger partial charge >= 0.3 is 23.9 Å². The Morgan fingerprint density at radius 3 is 1.70 bits per heavy atom. The molecule has 0 saturated carbocycles. The van der Waals surface area contributed by atoms with Crippen LogP contribution in [0.5, 0.6) is 0 Å². The number of nitrogens with zero attached hydrogens (tertiary/aromatic N) is 2. The lowest BCUT2D eigenvalue weighted by Crippen LogP contribution is -2.69. The fraction of sp³-hybridized carbons (Fsp3) is 0.690. The van der Waals surface area contributed by atoms with Gasteiger partial charge < -0.3 is 89.1 Å². The molecule has 16 N–H and O–H groups in total. The van der Waals surface area contributed by atoms with Crippen molar-refractivity contribution in [1.29, 1.82) is 0 Å². The fourth-order valence-corrected chi connectivity index (χ4v) is 10.4. The van der Waals surface area contributed by atoms with Gasteiger partial charge in [-0.1, -0.05) is 65.5 Å². The number of likely N-dealkylation sites (tertiary alicyclic amines) is 1. The van der Waals surface area contributed by atoms with E-state index in [1.54, 1.807) is 26.8 Å². The van der Waals surface area contributed by atoms with Crippen molar-refractivity contribution in [2.75, 3.05) is 26.2 Å². The molecule has 3 saturated heterocycles. The number of piperazine rings is 1. The minimum atomic E-state index is -2.14. The third-order valence-electron chi connectivity index (χ3n) is 15.8. The number of amides is 12. The monoisotopic (exact) mass is 1290 g/mol. The second kappa shape index (κ2) is 37.4. The number of nitrogens with two attached hydrogens (primary N) is 1. The summed E-state index contributed by atoms with van der Waals surface area (Å²) in [4.78, 5) is 211. The summed E-state index contributed by atoms with van der Waals surface area (Å²) in [5.74, 6) is -19.9. The Bertz CT molecular complexity index is 2710. The smallest absolute Gasteiger partial charge is 0.308 e. The number of piperidine rings is 1. The minimum Gasteiger partial charge on any atom is -0.481 e. The fourth-order valence-electron chi connectivity index (χ4n) is 10.4. The second-order valence-electron chi connectivity index (χ2n) is 23.6. The predicted octanol–water partition coefficient (Wildman–Crippen LogP) is -3.41. The number of rotatable bonds is 38. The molecule has 33 heteroatoms. The van der Waals surface area contributed by atoms with Gasteiger partial charge in [0.2, 0.25) is 70.9 Å². The van der Waals surface area contributed by atoms with Crippen molar-refractivity contribution >= 4 is 94.8 Å². The molecule has 3 fully saturated rings. The van der Waals surface area contributed by atoms with Crippen LogP contribution in [-0.2, 0) is 76.7 Å². The van der Waals surface area contributed by atoms with Crippen LogP contribution in [0.1, 0.15) is 145 Å². The van der Waals surface area contributed by atoms with Crippen molar-refractivity contribution in [3.05, 3.63) is 12.2 Å². The zero-order valence-corrected chi connectivity index (χ0v) is 52.5. The molecule has 33 nitrogen and oxygen atoms in total. The van der Waals surface area contributed by atoms with Crippen molar-refractivity contribution in [3.8, 4) is 0 Å². The first-order chi connectivity index (χ1) is 42.8. The van der Waals surface area contributed by atoms with E-state index in [-0.39, 0.29) is 31.2 Å². The molecular weight excluding hydrogens is 1200 g/mol. The van der Waals surface area contributed by atoms with Crippen LogP contribution < -0.4 is 58.9 Å². The Balaban J connectivity index is 1.61. The molecular formula is C58H91N13O20. The largest absolute Gasteiger partial charge is 0.481 e. The molecule has 0 aromatic heterocycles. The zero-order valence-electron chi connectivity index (χ0n) is 52.5. The van der Waals surface area contributed by atoms with Crippen molar-refractivity contribution in [1.82, 2.24) is 63.0 Å². The van der Waals surface area contributed by atoms with Crippen molar-refractivity contribution < 1.29 is 97.1 Å². The number of unbranched alkanes of at least 4 members (excludes halogenated alkanes) is 3. The molecule has 0 aliphatic carbocycles. The van der Waals surface area contributed by atoms with Crippen LogP contribution in [0.25, 0.3) is 0 Å². The average Bonchev–Trinajstić information content (AvgIpc) is 4.03. The van der Waals surface area contributed by atoms with Crippen LogP contribution in [0.3, 0.4) is 0 Å². The van der Waals surface area contributed by atoms with E-state index in [0.717, 1.165) is 51.9 Å². The highest BCUT2D eigenvalue weighted by Crippen LogP contribution is 2.25. The number of hydrogen-bond acceptors (Lipinski definition) is 17. The van der Waals surface area contributed by atoms with Crippen LogP contribution in [0.4, 0.5) is 0 Å². The van der Waals surface area contributed by atoms with Crippen molar-refractivity contribution in [2.45, 2.75) is 211 Å². The van der Waals surface area contributed by atoms with Crippen LogP contribution in [0.2, 0.25) is 0 Å². The normalized spacial score (nSPS) is 19.6. The highest BCUT2D eigenvalue weighted by Gasteiger charge is 2.46. The van der Waals surface area contributed by atoms with Crippen LogP contribution in [-0.4, -0.2) is 218 Å². The zero-order chi connectivity index (χ0) is 68.4. The number of carboxylic acids is 4. The third-order valence-corrected chi connectivity index (χ3v) is 15.8. The Labute approximate surface area is 526 Å². The van der Waals surface area contributed by atoms with Gasteiger partial charge in [0.05, 0.1) is 44.3 Å². The van der Waals surface area contributed by atoms with Gasteiger partial charge in [-0.15, -0.1) is 0 Å². The molecule has 3 aliphatic heterocycles. The summed E-state index contributed by atoms with van der Waals surface area (Å²) in [7, 11) is 0. The first-order valence-electron chi connectivity index (χ1n) is 30.6. The molecule has 3 aliphatic rings. The van der Waals surface area contributed by atoms with Gasteiger partial charge in [0, 0.05) is 25.6 Å². The van der Waals surface area contributed by atoms with Crippen molar-refractivity contribution in [2.24, 2.45) is 23.5 Å². The Morgan fingerprint density at radius 2 is 1.14 bits per heavy atom. The second-order valence-corrected chi connectivity index (χ2v) is 23.6. The van der Waals surface area contributed by atoms with E-state index in [2.05, 4.69) is 45.7 Å². The molecule has 0 spiro atoms. The van der Waals surface area contributed by atoms with E-state index >= 15 is 0 Å². The number of fused-ring (bicyclic) bond motifs is 1. The Morgan fingerprint density at radius 1 is 0.593 bits per heavy atom. The first kappa shape index (κ1) is 76.5. The van der Waals surface area contributed by atoms with E-state index < -0.39 is 194 Å². The van der Waals surface area contributed by atoms with Gasteiger partial charge in [0.15, 0.2) is 0 Å². The number of carboxylic acid groups (broad SMARTS) is 4. The molecule has 3 rings (SSSR count). The van der Waals surface area contributed by atoms with E-state index in [1.165, 1.54) is 22.8 Å². The summed E-state index contributed by atoms with van der Waals surface area (Å²) >= 11 is 0. The number of allylic oxidation sites excluding steroid dienone is 1. The van der Waals surface area contributed by atoms with Gasteiger partial charge in [0.1, 0.15) is 54.4 Å². The SMILES string of the molecule is CCC(C)CCCCC/C=C/CC(=O)N[C@@H](CC(=O)O)C(=O)N[C@H](C(=O)N[C@@H](CC(=O)O)C(=O)NCC(=O)N[C@@H](CC(=O)O)C(=O)NCC(=O)N[C@@H](C(=O)N[C@H](C(=O)N1CCC[C@H]1C(=O)N[C@@H](C)[C@@H]1NC(=O)[C@H]2CCCCN2C1=O)C(C)C)[C@H](C)N)C(C)C(=O)O. The van der Waals surface area contributed by atoms with Gasteiger partial charge in [-0.2, -0.15) is 0 Å². The topological polar surface area (TPSA) is 507 Å². The lowest BCUT2D eigenvalue weighted by Gasteiger charge is -2.43. The highest BCUT2D eigenvalue weighted by atomic mass is 16.4. The molecule has 0 aromatic carbocycles. The van der Waals surface area contributed by atoms with Crippen LogP contribution >= 0.6 is 0 Å². The van der Waals surface area contributed by atoms with Gasteiger partial charge in [-0.3, -0.25) is 76.7 Å². The summed E-state index contributed by atoms with van der Waals surface area (Å²) in [6.45, 7) is 9.84. The van der Waals surface area contributed by atoms with Crippen LogP contribution in [0.15, 0.2) is 12.2 Å². The predicted molar refractivity (Wildman–Crippen MR) is 320 cm³/mol. The molecule has 3 heterocycles. The maximum absolute atomic E-state index is 14.1. The van der Waals surface area contributed by atoms with E-state index in [4.69, 9.17) is 5.73 Å². The summed E-state index contributed by atoms with van der Waals surface area (Å²) in [6, 6.07) is -15.5. The van der Waals surface area contributed by atoms with Gasteiger partial charge in [-0.05, 0) is 77.6 Å². The lowest BCUT2D eigenvalue weighted by atomic mass is 9.94. The number of nitrogens with one attached hydrogen (secondary N) is 10. The van der Waals surface area contributed by atoms with E-state index in [1.807, 2.05) is 21.3 Å². The molecule has 0 bridgehead atoms. The minimum absolute atomic E-state index is 0.127. The summed E-state index contributed by atoms with van der Waals surface area (Å²) < 4.78 is 0.